The SMILES string of the molecule is CCCCCCCC/C=C\CCCCCCCC(=O)OC(C(OC(=O)CCCCCCCCCCCCCCC)C(=O)CCCCCCCCCCCCCCC)C(OC(=O)CCCCCCCCCCCCCCC)C(=O)CCCCCCCCCCCCCCC. The Morgan fingerprint density at radius 2 is 0.366 bits per heavy atom. The molecule has 93 heavy (non-hydrogen) atoms. The summed E-state index contributed by atoms with van der Waals surface area (Å²) >= 11 is 0. The molecule has 0 saturated carbocycles. The lowest BCUT2D eigenvalue weighted by Crippen LogP contribution is -2.52. The third-order valence-electron chi connectivity index (χ3n) is 19.7. The minimum absolute atomic E-state index is 0.105. The molecule has 0 fully saturated rings. The highest BCUT2D eigenvalue weighted by atomic mass is 16.6. The Morgan fingerprint density at radius 3 is 0.570 bits per heavy atom. The average Bonchev–Trinajstić information content (AvgIpc) is 0.896. The highest BCUT2D eigenvalue weighted by Crippen LogP contribution is 2.25. The molecule has 0 aliphatic heterocycles. The molecule has 0 bridgehead atoms. The van der Waals surface area contributed by atoms with Crippen LogP contribution in [0.15, 0.2) is 12.2 Å². The van der Waals surface area contributed by atoms with Gasteiger partial charge in [0.05, 0.1) is 0 Å². The van der Waals surface area contributed by atoms with Crippen molar-refractivity contribution in [2.24, 2.45) is 0 Å². The van der Waals surface area contributed by atoms with Crippen LogP contribution in [-0.4, -0.2) is 47.8 Å². The van der Waals surface area contributed by atoms with E-state index in [2.05, 4.69) is 46.8 Å². The fraction of sp³-hybridized carbons (Fsp3) is 0.918. The first kappa shape index (κ1) is 90.5. The number of ketones is 2. The zero-order valence-corrected chi connectivity index (χ0v) is 63.2. The highest BCUT2D eigenvalue weighted by molar-refractivity contribution is 5.91. The Bertz CT molecular complexity index is 1530. The number of carbonyl (C=O) groups excluding carboxylic acids is 5. The standard InChI is InChI=1S/C85H160O8/c1-6-11-16-21-26-31-36-41-42-47-52-57-62-67-72-77-82(90)93-85(83(78(86)73-68-63-58-53-48-43-37-32-27-22-17-12-7-2)91-80(88)75-70-65-60-55-50-45-39-34-29-24-19-14-9-4)84(79(87)74-69-64-59-54-49-44-38-33-28-23-18-13-8-3)92-81(89)76-71-66-61-56-51-46-40-35-30-25-20-15-10-5/h41-42,83-85H,6-40,43-77H2,1-5H3/b42-41-. The monoisotopic (exact) mass is 1310 g/mol. The summed E-state index contributed by atoms with van der Waals surface area (Å²) in [5, 5.41) is 0. The zero-order chi connectivity index (χ0) is 67.7. The molecule has 2 atom stereocenters. The Labute approximate surface area is 579 Å². The lowest BCUT2D eigenvalue weighted by molar-refractivity contribution is -0.189. The second-order valence-electron chi connectivity index (χ2n) is 29.0. The Balaban J connectivity index is 6.47. The van der Waals surface area contributed by atoms with Gasteiger partial charge >= 0.3 is 17.9 Å². The van der Waals surface area contributed by atoms with Gasteiger partial charge in [-0.3, -0.25) is 24.0 Å². The van der Waals surface area contributed by atoms with Crippen LogP contribution in [-0.2, 0) is 38.2 Å². The summed E-state index contributed by atoms with van der Waals surface area (Å²) in [5.41, 5.74) is 0. The quantitative estimate of drug-likeness (QED) is 0.0256. The number of carbonyl (C=O) groups is 5. The van der Waals surface area contributed by atoms with Crippen LogP contribution in [0.25, 0.3) is 0 Å². The molecule has 0 amide bonds. The van der Waals surface area contributed by atoms with Gasteiger partial charge in [-0.15, -0.1) is 0 Å². The highest BCUT2D eigenvalue weighted by Gasteiger charge is 2.45. The second kappa shape index (κ2) is 75.3. The van der Waals surface area contributed by atoms with Crippen LogP contribution in [0.4, 0.5) is 0 Å². The lowest BCUT2D eigenvalue weighted by atomic mass is 9.94. The van der Waals surface area contributed by atoms with E-state index >= 15 is 0 Å². The van der Waals surface area contributed by atoms with Crippen molar-refractivity contribution >= 4 is 29.5 Å². The van der Waals surface area contributed by atoms with Crippen LogP contribution in [0.3, 0.4) is 0 Å². The number of rotatable bonds is 78. The fourth-order valence-electron chi connectivity index (χ4n) is 13.4. The molecule has 8 heteroatoms. The van der Waals surface area contributed by atoms with E-state index in [1.54, 1.807) is 0 Å². The molecule has 0 aliphatic carbocycles. The predicted molar refractivity (Wildman–Crippen MR) is 400 cm³/mol. The molecule has 0 saturated heterocycles. The second-order valence-corrected chi connectivity index (χ2v) is 29.0. The van der Waals surface area contributed by atoms with E-state index in [-0.39, 0.29) is 43.7 Å². The van der Waals surface area contributed by atoms with Gasteiger partial charge < -0.3 is 14.2 Å². The van der Waals surface area contributed by atoms with Gasteiger partial charge in [-0.1, -0.05) is 406 Å². The van der Waals surface area contributed by atoms with E-state index in [4.69, 9.17) is 14.2 Å². The van der Waals surface area contributed by atoms with Crippen molar-refractivity contribution in [1.82, 2.24) is 0 Å². The third-order valence-corrected chi connectivity index (χ3v) is 19.7. The Morgan fingerprint density at radius 1 is 0.204 bits per heavy atom. The molecule has 0 aromatic heterocycles. The molecule has 0 rings (SSSR count). The smallest absolute Gasteiger partial charge is 0.306 e. The Kier molecular flexibility index (Phi) is 73.2. The Hall–Kier alpha value is -2.51. The minimum atomic E-state index is -1.55. The third kappa shape index (κ3) is 65.2. The van der Waals surface area contributed by atoms with Gasteiger partial charge in [0, 0.05) is 32.1 Å². The number of allylic oxidation sites excluding steroid dienone is 2. The van der Waals surface area contributed by atoms with Gasteiger partial charge in [-0.2, -0.15) is 0 Å². The van der Waals surface area contributed by atoms with Gasteiger partial charge in [0.15, 0.2) is 17.7 Å². The summed E-state index contributed by atoms with van der Waals surface area (Å²) in [6, 6.07) is 0. The van der Waals surface area contributed by atoms with Gasteiger partial charge in [0.25, 0.3) is 0 Å². The summed E-state index contributed by atoms with van der Waals surface area (Å²) in [6.45, 7) is 11.3. The first-order valence-electron chi connectivity index (χ1n) is 42.0. The van der Waals surface area contributed by atoms with Crippen LogP contribution in [0.5, 0.6) is 0 Å². The van der Waals surface area contributed by atoms with E-state index in [1.165, 1.54) is 270 Å². The molecule has 8 nitrogen and oxygen atoms in total. The molecule has 2 unspecified atom stereocenters. The number of esters is 3. The molecule has 0 aromatic carbocycles. The van der Waals surface area contributed by atoms with Crippen LogP contribution in [0.2, 0.25) is 0 Å². The van der Waals surface area contributed by atoms with Crippen molar-refractivity contribution in [2.75, 3.05) is 0 Å². The first-order chi connectivity index (χ1) is 45.7. The number of hydrogen-bond acceptors (Lipinski definition) is 8. The lowest BCUT2D eigenvalue weighted by Gasteiger charge is -2.31. The largest absolute Gasteiger partial charge is 0.453 e. The van der Waals surface area contributed by atoms with E-state index in [0.717, 1.165) is 116 Å². The molecular weight excluding hydrogens is 1150 g/mol. The summed E-state index contributed by atoms with van der Waals surface area (Å²) in [4.78, 5) is 72.3. The number of hydrogen-bond donors (Lipinski definition) is 0. The van der Waals surface area contributed by atoms with E-state index in [9.17, 15) is 24.0 Å². The molecule has 0 aliphatic rings. The van der Waals surface area contributed by atoms with Crippen molar-refractivity contribution < 1.29 is 38.2 Å². The predicted octanol–water partition coefficient (Wildman–Crippen LogP) is 27.8. The van der Waals surface area contributed by atoms with Gasteiger partial charge in [-0.25, -0.2) is 0 Å². The molecule has 0 heterocycles. The minimum Gasteiger partial charge on any atom is -0.453 e. The maximum atomic E-state index is 14.9. The summed E-state index contributed by atoms with van der Waals surface area (Å²) < 4.78 is 18.9. The van der Waals surface area contributed by atoms with Gasteiger partial charge in [0.2, 0.25) is 12.2 Å². The topological polar surface area (TPSA) is 113 Å². The molecule has 0 N–H and O–H groups in total. The van der Waals surface area contributed by atoms with Crippen molar-refractivity contribution in [2.45, 2.75) is 502 Å². The number of unbranched alkanes of at least 4 members (excludes halogenated alkanes) is 59. The zero-order valence-electron chi connectivity index (χ0n) is 63.2. The molecule has 0 spiro atoms. The van der Waals surface area contributed by atoms with E-state index in [1.807, 2.05) is 0 Å². The van der Waals surface area contributed by atoms with Crippen LogP contribution < -0.4 is 0 Å². The molecule has 548 valence electrons. The van der Waals surface area contributed by atoms with Gasteiger partial charge in [-0.05, 0) is 57.8 Å². The normalized spacial score (nSPS) is 12.6. The van der Waals surface area contributed by atoms with E-state index in [0.29, 0.717) is 32.1 Å². The maximum absolute atomic E-state index is 14.9. The van der Waals surface area contributed by atoms with Crippen molar-refractivity contribution in [3.05, 3.63) is 12.2 Å². The average molecular weight is 1310 g/mol. The van der Waals surface area contributed by atoms with E-state index < -0.39 is 36.2 Å². The van der Waals surface area contributed by atoms with Crippen molar-refractivity contribution in [3.8, 4) is 0 Å². The maximum Gasteiger partial charge on any atom is 0.306 e. The van der Waals surface area contributed by atoms with Crippen LogP contribution in [0.1, 0.15) is 484 Å². The molecular formula is C85H160O8. The molecule has 0 radical (unpaired) electrons. The first-order valence-corrected chi connectivity index (χ1v) is 42.0. The van der Waals surface area contributed by atoms with Crippen molar-refractivity contribution in [1.29, 1.82) is 0 Å². The summed E-state index contributed by atoms with van der Waals surface area (Å²) in [5.74, 6) is -2.32. The van der Waals surface area contributed by atoms with Crippen LogP contribution in [0, 0.1) is 0 Å². The van der Waals surface area contributed by atoms with Gasteiger partial charge in [0.1, 0.15) is 0 Å². The summed E-state index contributed by atoms with van der Waals surface area (Å²) in [6.07, 6.45) is 76.6. The molecule has 0 aromatic rings. The number of ether oxygens (including phenoxy) is 3. The van der Waals surface area contributed by atoms with Crippen LogP contribution >= 0.6 is 0 Å². The number of Topliss-reactive ketones (excluding diaryl/α,β-unsaturated/α-hetero) is 2. The van der Waals surface area contributed by atoms with Crippen molar-refractivity contribution in [3.63, 3.8) is 0 Å². The summed E-state index contributed by atoms with van der Waals surface area (Å²) in [7, 11) is 0. The fourth-order valence-corrected chi connectivity index (χ4v) is 13.4.